The lowest BCUT2D eigenvalue weighted by Gasteiger charge is -2.33. The van der Waals surface area contributed by atoms with Crippen LogP contribution in [0.3, 0.4) is 0 Å². The van der Waals surface area contributed by atoms with E-state index in [4.69, 9.17) is 5.41 Å². The van der Waals surface area contributed by atoms with Gasteiger partial charge in [-0.15, -0.1) is 0 Å². The molecule has 0 bridgehead atoms. The maximum absolute atomic E-state index is 8.47. The summed E-state index contributed by atoms with van der Waals surface area (Å²) < 4.78 is 0. The summed E-state index contributed by atoms with van der Waals surface area (Å²) in [4.78, 5) is 2.10. The van der Waals surface area contributed by atoms with Gasteiger partial charge in [0.2, 0.25) is 0 Å². The van der Waals surface area contributed by atoms with Crippen molar-refractivity contribution in [2.24, 2.45) is 11.3 Å². The fourth-order valence-electron chi connectivity index (χ4n) is 3.26. The van der Waals surface area contributed by atoms with Gasteiger partial charge in [-0.2, -0.15) is 0 Å². The molecule has 2 aliphatic rings. The van der Waals surface area contributed by atoms with E-state index in [1.807, 2.05) is 7.05 Å². The van der Waals surface area contributed by atoms with E-state index in [1.165, 1.54) is 18.4 Å². The molecule has 2 fully saturated rings. The predicted molar refractivity (Wildman–Crippen MR) is 85.8 cm³/mol. The quantitative estimate of drug-likeness (QED) is 0.828. The lowest BCUT2D eigenvalue weighted by atomic mass is 9.73. The average Bonchev–Trinajstić information content (AvgIpc) is 3.09. The van der Waals surface area contributed by atoms with Crippen molar-refractivity contribution in [2.45, 2.75) is 33.1 Å². The zero-order valence-corrected chi connectivity index (χ0v) is 13.4. The topological polar surface area (TPSA) is 39.1 Å². The molecule has 110 valence electrons. The molecule has 20 heavy (non-hydrogen) atoms. The van der Waals surface area contributed by atoms with Crippen LogP contribution in [-0.4, -0.2) is 31.8 Å². The molecule has 2 saturated carbocycles. The van der Waals surface area contributed by atoms with E-state index in [0.717, 1.165) is 29.0 Å². The molecule has 0 saturated heterocycles. The molecule has 0 amide bonds. The normalized spacial score (nSPS) is 25.4. The van der Waals surface area contributed by atoms with Crippen molar-refractivity contribution in [3.63, 3.8) is 0 Å². The van der Waals surface area contributed by atoms with Gasteiger partial charge in [0.25, 0.3) is 0 Å². The Hall–Kier alpha value is -1.51. The Labute approximate surface area is 122 Å². The maximum Gasteiger partial charge on any atom is 0.0418 e. The summed E-state index contributed by atoms with van der Waals surface area (Å²) in [6, 6.07) is 0. The summed E-state index contributed by atoms with van der Waals surface area (Å²) in [5.41, 5.74) is 5.51. The second kappa shape index (κ2) is 5.12. The zero-order valence-electron chi connectivity index (χ0n) is 13.4. The minimum Gasteiger partial charge on any atom is -0.391 e. The van der Waals surface area contributed by atoms with Crippen LogP contribution in [0.15, 0.2) is 35.2 Å². The Morgan fingerprint density at radius 1 is 1.40 bits per heavy atom. The van der Waals surface area contributed by atoms with E-state index in [-0.39, 0.29) is 5.41 Å². The van der Waals surface area contributed by atoms with Crippen LogP contribution < -0.4 is 5.32 Å². The minimum absolute atomic E-state index is 0.206. The SMILES string of the molecule is C=C1/C(=C\N(C)C)C2(CC2)CC(=N)/C1=C(\NC)C(C)C. The summed E-state index contributed by atoms with van der Waals surface area (Å²) >= 11 is 0. The van der Waals surface area contributed by atoms with Gasteiger partial charge >= 0.3 is 0 Å². The second-order valence-electron chi connectivity index (χ2n) is 6.61. The maximum atomic E-state index is 8.47. The molecule has 1 spiro atoms. The van der Waals surface area contributed by atoms with E-state index in [9.17, 15) is 0 Å². The molecule has 0 aromatic rings. The van der Waals surface area contributed by atoms with E-state index in [2.05, 4.69) is 50.9 Å². The molecule has 0 atom stereocenters. The van der Waals surface area contributed by atoms with Crippen molar-refractivity contribution in [2.75, 3.05) is 21.1 Å². The van der Waals surface area contributed by atoms with Gasteiger partial charge in [-0.1, -0.05) is 20.4 Å². The van der Waals surface area contributed by atoms with Gasteiger partial charge in [0.05, 0.1) is 0 Å². The fraction of sp³-hybridized carbons (Fsp3) is 0.588. The van der Waals surface area contributed by atoms with Crippen LogP contribution in [0.25, 0.3) is 0 Å². The van der Waals surface area contributed by atoms with Crippen LogP contribution in [0.2, 0.25) is 0 Å². The van der Waals surface area contributed by atoms with Gasteiger partial charge in [0, 0.05) is 49.7 Å². The molecule has 2 aliphatic carbocycles. The first kappa shape index (κ1) is 14.9. The average molecular weight is 273 g/mol. The largest absolute Gasteiger partial charge is 0.391 e. The Morgan fingerprint density at radius 3 is 2.40 bits per heavy atom. The molecular formula is C17H27N3. The number of nitrogens with zero attached hydrogens (tertiary/aromatic N) is 1. The van der Waals surface area contributed by atoms with Gasteiger partial charge in [0.15, 0.2) is 0 Å². The first-order valence-corrected chi connectivity index (χ1v) is 7.40. The highest BCUT2D eigenvalue weighted by atomic mass is 15.0. The lowest BCUT2D eigenvalue weighted by Crippen LogP contribution is -2.29. The number of allylic oxidation sites excluding steroid dienone is 4. The molecule has 0 unspecified atom stereocenters. The molecule has 2 rings (SSSR count). The van der Waals surface area contributed by atoms with Crippen LogP contribution >= 0.6 is 0 Å². The van der Waals surface area contributed by atoms with Crippen molar-refractivity contribution < 1.29 is 0 Å². The van der Waals surface area contributed by atoms with Crippen molar-refractivity contribution in [3.05, 3.63) is 35.2 Å². The van der Waals surface area contributed by atoms with Crippen molar-refractivity contribution >= 4 is 5.71 Å². The van der Waals surface area contributed by atoms with Crippen LogP contribution in [0.4, 0.5) is 0 Å². The first-order chi connectivity index (χ1) is 9.32. The Bertz CT molecular complexity index is 502. The van der Waals surface area contributed by atoms with Crippen LogP contribution in [0.5, 0.6) is 0 Å². The summed E-state index contributed by atoms with van der Waals surface area (Å²) in [7, 11) is 6.06. The van der Waals surface area contributed by atoms with Gasteiger partial charge in [-0.25, -0.2) is 0 Å². The fourth-order valence-corrected chi connectivity index (χ4v) is 3.26. The Morgan fingerprint density at radius 2 is 2.00 bits per heavy atom. The molecular weight excluding hydrogens is 246 g/mol. The standard InChI is InChI=1S/C17H27N3/c1-11(2)16(19-4)15-12(3)13(10-20(5)6)17(7-8-17)9-14(15)18/h10-11,18-19H,3,7-9H2,1-2,4-6H3/b13-10+,16-15-,18-14?. The van der Waals surface area contributed by atoms with E-state index in [0.29, 0.717) is 5.92 Å². The first-order valence-electron chi connectivity index (χ1n) is 7.40. The van der Waals surface area contributed by atoms with E-state index >= 15 is 0 Å². The van der Waals surface area contributed by atoms with E-state index < -0.39 is 0 Å². The smallest absolute Gasteiger partial charge is 0.0418 e. The molecule has 3 nitrogen and oxygen atoms in total. The molecule has 0 radical (unpaired) electrons. The number of hydrogen-bond acceptors (Lipinski definition) is 3. The van der Waals surface area contributed by atoms with Crippen LogP contribution in [-0.2, 0) is 0 Å². The van der Waals surface area contributed by atoms with Crippen molar-refractivity contribution in [1.29, 1.82) is 5.41 Å². The minimum atomic E-state index is 0.206. The number of hydrogen-bond donors (Lipinski definition) is 2. The molecule has 0 aromatic carbocycles. The Balaban J connectivity index is 2.52. The zero-order chi connectivity index (χ0) is 15.1. The summed E-state index contributed by atoms with van der Waals surface area (Å²) in [5, 5.41) is 11.8. The van der Waals surface area contributed by atoms with Gasteiger partial charge in [-0.05, 0) is 36.3 Å². The summed E-state index contributed by atoms with van der Waals surface area (Å²) in [5.74, 6) is 0.376. The molecule has 0 heterocycles. The molecule has 2 N–H and O–H groups in total. The Kier molecular flexibility index (Phi) is 3.81. The number of nitrogens with one attached hydrogen (secondary N) is 2. The second-order valence-corrected chi connectivity index (χ2v) is 6.61. The number of rotatable bonds is 3. The third-order valence-corrected chi connectivity index (χ3v) is 4.37. The highest BCUT2D eigenvalue weighted by molar-refractivity contribution is 6.06. The molecule has 0 aromatic heterocycles. The van der Waals surface area contributed by atoms with Crippen LogP contribution in [0.1, 0.15) is 33.1 Å². The third-order valence-electron chi connectivity index (χ3n) is 4.37. The summed E-state index contributed by atoms with van der Waals surface area (Å²) in [6.07, 6.45) is 5.45. The van der Waals surface area contributed by atoms with E-state index in [1.54, 1.807) is 0 Å². The highest BCUT2D eigenvalue weighted by Gasteiger charge is 2.51. The highest BCUT2D eigenvalue weighted by Crippen LogP contribution is 2.61. The van der Waals surface area contributed by atoms with Gasteiger partial charge in [0.1, 0.15) is 0 Å². The lowest BCUT2D eigenvalue weighted by molar-refractivity contribution is 0.530. The predicted octanol–water partition coefficient (Wildman–Crippen LogP) is 3.32. The monoisotopic (exact) mass is 273 g/mol. The molecule has 3 heteroatoms. The van der Waals surface area contributed by atoms with Gasteiger partial charge < -0.3 is 15.6 Å². The molecule has 0 aliphatic heterocycles. The van der Waals surface area contributed by atoms with Crippen LogP contribution in [0, 0.1) is 16.7 Å². The van der Waals surface area contributed by atoms with Crippen molar-refractivity contribution in [1.82, 2.24) is 10.2 Å². The summed E-state index contributed by atoms with van der Waals surface area (Å²) in [6.45, 7) is 8.66. The van der Waals surface area contributed by atoms with Gasteiger partial charge in [-0.3, -0.25) is 0 Å². The van der Waals surface area contributed by atoms with Crippen molar-refractivity contribution in [3.8, 4) is 0 Å². The third kappa shape index (κ3) is 2.41.